The fraction of sp³-hybridized carbons (Fsp3) is 0.833. The van der Waals surface area contributed by atoms with Crippen LogP contribution < -0.4 is 11.1 Å². The number of carboxylic acid groups (broad SMARTS) is 1. The lowest BCUT2D eigenvalue weighted by molar-refractivity contribution is -0.145. The van der Waals surface area contributed by atoms with Crippen molar-refractivity contribution in [3.05, 3.63) is 0 Å². The van der Waals surface area contributed by atoms with Crippen molar-refractivity contribution in [1.29, 1.82) is 0 Å². The molecule has 0 unspecified atom stereocenters. The van der Waals surface area contributed by atoms with Crippen molar-refractivity contribution in [2.45, 2.75) is 45.6 Å². The summed E-state index contributed by atoms with van der Waals surface area (Å²) in [4.78, 5) is 23.2. The summed E-state index contributed by atoms with van der Waals surface area (Å²) in [7, 11) is 0. The molecular formula is C12H22N2O3. The Balaban J connectivity index is 2.72. The molecular weight excluding hydrogens is 220 g/mol. The summed E-state index contributed by atoms with van der Waals surface area (Å²) in [5.74, 6) is -1.32. The third-order valence-corrected chi connectivity index (χ3v) is 3.65. The highest BCUT2D eigenvalue weighted by molar-refractivity contribution is 5.88. The molecule has 0 aromatic carbocycles. The van der Waals surface area contributed by atoms with Gasteiger partial charge < -0.3 is 16.2 Å². The van der Waals surface area contributed by atoms with Crippen LogP contribution in [0.4, 0.5) is 0 Å². The van der Waals surface area contributed by atoms with E-state index in [2.05, 4.69) is 5.32 Å². The molecule has 4 N–H and O–H groups in total. The van der Waals surface area contributed by atoms with E-state index in [-0.39, 0.29) is 11.8 Å². The van der Waals surface area contributed by atoms with Crippen molar-refractivity contribution in [3.8, 4) is 0 Å². The Kier molecular flexibility index (Phi) is 4.51. The molecule has 0 aromatic rings. The van der Waals surface area contributed by atoms with Crippen LogP contribution in [0.5, 0.6) is 0 Å². The molecule has 1 saturated carbocycles. The van der Waals surface area contributed by atoms with E-state index in [1.807, 2.05) is 0 Å². The van der Waals surface area contributed by atoms with Gasteiger partial charge in [0.1, 0.15) is 6.04 Å². The maximum absolute atomic E-state index is 12.2. The van der Waals surface area contributed by atoms with E-state index in [1.54, 1.807) is 13.8 Å². The molecule has 1 aliphatic carbocycles. The molecule has 0 saturated heterocycles. The standard InChI is InChI=1S/C12H22N2O3/c1-8(2)9(10(15)16)14-11(17)12(7-13)5-3-4-6-12/h8-9H,3-7,13H2,1-2H3,(H,14,17)(H,15,16)/t9-/m1/s1. The van der Waals surface area contributed by atoms with Crippen LogP contribution in [-0.4, -0.2) is 29.6 Å². The lowest BCUT2D eigenvalue weighted by Crippen LogP contribution is -2.52. The van der Waals surface area contributed by atoms with Gasteiger partial charge in [0.2, 0.25) is 5.91 Å². The number of nitrogens with two attached hydrogens (primary N) is 1. The van der Waals surface area contributed by atoms with Gasteiger partial charge in [-0.1, -0.05) is 26.7 Å². The van der Waals surface area contributed by atoms with E-state index in [0.29, 0.717) is 6.54 Å². The minimum atomic E-state index is -0.987. The predicted molar refractivity (Wildman–Crippen MR) is 64.4 cm³/mol. The first-order chi connectivity index (χ1) is 7.93. The van der Waals surface area contributed by atoms with Crippen molar-refractivity contribution in [1.82, 2.24) is 5.32 Å². The summed E-state index contributed by atoms with van der Waals surface area (Å²) in [5.41, 5.74) is 5.15. The normalized spacial score (nSPS) is 20.2. The number of hydrogen-bond donors (Lipinski definition) is 3. The molecule has 17 heavy (non-hydrogen) atoms. The number of rotatable bonds is 5. The summed E-state index contributed by atoms with van der Waals surface area (Å²) in [6.45, 7) is 3.86. The molecule has 0 bridgehead atoms. The van der Waals surface area contributed by atoms with Crippen LogP contribution in [0.25, 0.3) is 0 Å². The maximum atomic E-state index is 12.2. The van der Waals surface area contributed by atoms with Gasteiger partial charge in [-0.05, 0) is 18.8 Å². The first-order valence-electron chi connectivity index (χ1n) is 6.17. The minimum Gasteiger partial charge on any atom is -0.480 e. The average Bonchev–Trinajstić information content (AvgIpc) is 2.74. The van der Waals surface area contributed by atoms with Gasteiger partial charge in [0.15, 0.2) is 0 Å². The Bertz CT molecular complexity index is 296. The van der Waals surface area contributed by atoms with Crippen molar-refractivity contribution in [3.63, 3.8) is 0 Å². The molecule has 98 valence electrons. The van der Waals surface area contributed by atoms with E-state index in [4.69, 9.17) is 10.8 Å². The van der Waals surface area contributed by atoms with Crippen LogP contribution in [-0.2, 0) is 9.59 Å². The largest absolute Gasteiger partial charge is 0.480 e. The zero-order valence-corrected chi connectivity index (χ0v) is 10.5. The minimum absolute atomic E-state index is 0.132. The van der Waals surface area contributed by atoms with Crippen LogP contribution in [0.3, 0.4) is 0 Å². The van der Waals surface area contributed by atoms with Gasteiger partial charge in [0.25, 0.3) is 0 Å². The van der Waals surface area contributed by atoms with Gasteiger partial charge in [-0.25, -0.2) is 4.79 Å². The maximum Gasteiger partial charge on any atom is 0.326 e. The van der Waals surface area contributed by atoms with Crippen LogP contribution in [0.2, 0.25) is 0 Å². The molecule has 1 amide bonds. The number of carboxylic acids is 1. The fourth-order valence-corrected chi connectivity index (χ4v) is 2.38. The topological polar surface area (TPSA) is 92.4 Å². The highest BCUT2D eigenvalue weighted by Crippen LogP contribution is 2.37. The Hall–Kier alpha value is -1.10. The van der Waals surface area contributed by atoms with Crippen molar-refractivity contribution in [2.24, 2.45) is 17.1 Å². The lowest BCUT2D eigenvalue weighted by Gasteiger charge is -2.28. The second-order valence-electron chi connectivity index (χ2n) is 5.22. The second-order valence-corrected chi connectivity index (χ2v) is 5.22. The van der Waals surface area contributed by atoms with Crippen LogP contribution >= 0.6 is 0 Å². The third-order valence-electron chi connectivity index (χ3n) is 3.65. The molecule has 0 aromatic heterocycles. The molecule has 0 heterocycles. The Labute approximate surface area is 102 Å². The van der Waals surface area contributed by atoms with E-state index >= 15 is 0 Å². The molecule has 1 fully saturated rings. The van der Waals surface area contributed by atoms with Crippen LogP contribution in [0.1, 0.15) is 39.5 Å². The summed E-state index contributed by atoms with van der Waals surface area (Å²) in [6.07, 6.45) is 3.51. The average molecular weight is 242 g/mol. The second kappa shape index (κ2) is 5.49. The first-order valence-corrected chi connectivity index (χ1v) is 6.17. The van der Waals surface area contributed by atoms with E-state index in [0.717, 1.165) is 25.7 Å². The Morgan fingerprint density at radius 2 is 1.88 bits per heavy atom. The molecule has 5 nitrogen and oxygen atoms in total. The Morgan fingerprint density at radius 1 is 1.35 bits per heavy atom. The van der Waals surface area contributed by atoms with E-state index < -0.39 is 17.4 Å². The zero-order chi connectivity index (χ0) is 13.1. The molecule has 0 spiro atoms. The number of aliphatic carboxylic acids is 1. The monoisotopic (exact) mass is 242 g/mol. The first kappa shape index (κ1) is 14.0. The highest BCUT2D eigenvalue weighted by atomic mass is 16.4. The van der Waals surface area contributed by atoms with Crippen LogP contribution in [0.15, 0.2) is 0 Å². The SMILES string of the molecule is CC(C)[C@@H](NC(=O)C1(CN)CCCC1)C(=O)O. The fourth-order valence-electron chi connectivity index (χ4n) is 2.38. The van der Waals surface area contributed by atoms with E-state index in [9.17, 15) is 9.59 Å². The summed E-state index contributed by atoms with van der Waals surface area (Å²) < 4.78 is 0. The molecule has 1 atom stereocenters. The van der Waals surface area contributed by atoms with Gasteiger partial charge in [0.05, 0.1) is 5.41 Å². The molecule has 0 aliphatic heterocycles. The van der Waals surface area contributed by atoms with Crippen molar-refractivity contribution >= 4 is 11.9 Å². The third kappa shape index (κ3) is 2.97. The zero-order valence-electron chi connectivity index (χ0n) is 10.5. The lowest BCUT2D eigenvalue weighted by atomic mass is 9.84. The number of carbonyl (C=O) groups excluding carboxylic acids is 1. The van der Waals surface area contributed by atoms with Gasteiger partial charge in [0, 0.05) is 6.54 Å². The smallest absolute Gasteiger partial charge is 0.326 e. The van der Waals surface area contributed by atoms with Crippen molar-refractivity contribution < 1.29 is 14.7 Å². The Morgan fingerprint density at radius 3 is 2.24 bits per heavy atom. The number of carbonyl (C=O) groups is 2. The number of hydrogen-bond acceptors (Lipinski definition) is 3. The van der Waals surface area contributed by atoms with Gasteiger partial charge in [-0.2, -0.15) is 0 Å². The molecule has 1 aliphatic rings. The molecule has 0 radical (unpaired) electrons. The van der Waals surface area contributed by atoms with Gasteiger partial charge in [-0.15, -0.1) is 0 Å². The summed E-state index contributed by atoms with van der Waals surface area (Å²) in [6, 6.07) is -0.827. The van der Waals surface area contributed by atoms with Crippen LogP contribution in [0, 0.1) is 11.3 Å². The highest BCUT2D eigenvalue weighted by Gasteiger charge is 2.41. The molecule has 1 rings (SSSR count). The summed E-state index contributed by atoms with van der Waals surface area (Å²) >= 11 is 0. The quantitative estimate of drug-likeness (QED) is 0.662. The van der Waals surface area contributed by atoms with Crippen molar-refractivity contribution in [2.75, 3.05) is 6.54 Å². The number of amides is 1. The van der Waals surface area contributed by atoms with Gasteiger partial charge in [-0.3, -0.25) is 4.79 Å². The number of nitrogens with one attached hydrogen (secondary N) is 1. The summed E-state index contributed by atoms with van der Waals surface area (Å²) in [5, 5.41) is 11.7. The predicted octanol–water partition coefficient (Wildman–Crippen LogP) is 0.731. The molecule has 5 heteroatoms. The van der Waals surface area contributed by atoms with Gasteiger partial charge >= 0.3 is 5.97 Å². The van der Waals surface area contributed by atoms with E-state index in [1.165, 1.54) is 0 Å².